The van der Waals surface area contributed by atoms with Crippen molar-refractivity contribution in [3.05, 3.63) is 65.7 Å². The Hall–Kier alpha value is -3.16. The first kappa shape index (κ1) is 20.6. The number of methoxy groups -OCH3 is 2. The molecule has 154 valence electrons. The van der Waals surface area contributed by atoms with Crippen LogP contribution in [0.2, 0.25) is 0 Å². The van der Waals surface area contributed by atoms with Crippen molar-refractivity contribution in [2.75, 3.05) is 14.2 Å². The number of nitrogens with zero attached hydrogens (tertiary/aromatic N) is 1. The van der Waals surface area contributed by atoms with Gasteiger partial charge in [0, 0.05) is 18.5 Å². The minimum absolute atomic E-state index is 0.190. The molecule has 0 aliphatic carbocycles. The number of halogens is 3. The second kappa shape index (κ2) is 8.06. The number of ether oxygens (including phenoxy) is 3. The number of hydrogen-bond acceptors (Lipinski definition) is 4. The van der Waals surface area contributed by atoms with E-state index in [0.29, 0.717) is 29.1 Å². The molecule has 1 aliphatic heterocycles. The molecule has 0 saturated carbocycles. The maximum absolute atomic E-state index is 12.7. The van der Waals surface area contributed by atoms with Crippen LogP contribution < -0.4 is 14.2 Å². The molecule has 1 atom stereocenters. The summed E-state index contributed by atoms with van der Waals surface area (Å²) in [7, 11) is 3.07. The molecule has 5 nitrogen and oxygen atoms in total. The first-order chi connectivity index (χ1) is 13.7. The molecule has 29 heavy (non-hydrogen) atoms. The third kappa shape index (κ3) is 4.47. The molecule has 1 amide bonds. The number of benzene rings is 2. The van der Waals surface area contributed by atoms with E-state index in [1.54, 1.807) is 23.1 Å². The fraction of sp³-hybridized carbons (Fsp3) is 0.286. The maximum atomic E-state index is 12.7. The van der Waals surface area contributed by atoms with Gasteiger partial charge in [0.15, 0.2) is 0 Å². The molecule has 0 unspecified atom stereocenters. The molecule has 0 aromatic heterocycles. The van der Waals surface area contributed by atoms with Crippen molar-refractivity contribution >= 4 is 5.91 Å². The number of amides is 1. The van der Waals surface area contributed by atoms with Crippen molar-refractivity contribution < 1.29 is 32.2 Å². The predicted molar refractivity (Wildman–Crippen MR) is 99.7 cm³/mol. The lowest BCUT2D eigenvalue weighted by molar-refractivity contribution is -0.274. The van der Waals surface area contributed by atoms with Crippen molar-refractivity contribution in [3.8, 4) is 17.2 Å². The highest BCUT2D eigenvalue weighted by Crippen LogP contribution is 2.44. The SMILES string of the molecule is C=C1C[C@@H](c2c(OC)cccc2OC)N(Cc2ccc(OC(F)(F)F)cc2)C1=O. The van der Waals surface area contributed by atoms with Crippen LogP contribution in [0.25, 0.3) is 0 Å². The van der Waals surface area contributed by atoms with Gasteiger partial charge in [-0.2, -0.15) is 0 Å². The van der Waals surface area contributed by atoms with E-state index in [-0.39, 0.29) is 24.2 Å². The fourth-order valence-electron chi connectivity index (χ4n) is 3.42. The second-order valence-corrected chi connectivity index (χ2v) is 6.52. The van der Waals surface area contributed by atoms with Gasteiger partial charge in [0.05, 0.1) is 25.8 Å². The number of hydrogen-bond donors (Lipinski definition) is 0. The van der Waals surface area contributed by atoms with Gasteiger partial charge < -0.3 is 19.1 Å². The topological polar surface area (TPSA) is 48.0 Å². The molecular weight excluding hydrogens is 387 g/mol. The van der Waals surface area contributed by atoms with Crippen LogP contribution in [0.3, 0.4) is 0 Å². The Balaban J connectivity index is 1.90. The van der Waals surface area contributed by atoms with Crippen LogP contribution in [0.5, 0.6) is 17.2 Å². The van der Waals surface area contributed by atoms with Gasteiger partial charge in [-0.1, -0.05) is 24.8 Å². The van der Waals surface area contributed by atoms with E-state index < -0.39 is 6.36 Å². The van der Waals surface area contributed by atoms with Crippen molar-refractivity contribution in [1.82, 2.24) is 4.90 Å². The van der Waals surface area contributed by atoms with E-state index in [1.165, 1.54) is 38.5 Å². The molecule has 1 fully saturated rings. The summed E-state index contributed by atoms with van der Waals surface area (Å²) in [6.07, 6.45) is -4.36. The Morgan fingerprint density at radius 2 is 1.66 bits per heavy atom. The highest BCUT2D eigenvalue weighted by molar-refractivity contribution is 5.95. The monoisotopic (exact) mass is 407 g/mol. The van der Waals surface area contributed by atoms with E-state index in [2.05, 4.69) is 11.3 Å². The van der Waals surface area contributed by atoms with Crippen molar-refractivity contribution in [2.24, 2.45) is 0 Å². The third-order valence-corrected chi connectivity index (χ3v) is 4.69. The van der Waals surface area contributed by atoms with E-state index in [9.17, 15) is 18.0 Å². The lowest BCUT2D eigenvalue weighted by atomic mass is 10.0. The normalized spacial score (nSPS) is 16.9. The summed E-state index contributed by atoms with van der Waals surface area (Å²) < 4.78 is 51.8. The van der Waals surface area contributed by atoms with Gasteiger partial charge in [-0.3, -0.25) is 4.79 Å². The minimum atomic E-state index is -4.75. The van der Waals surface area contributed by atoms with Crippen LogP contribution in [0.4, 0.5) is 13.2 Å². The summed E-state index contributed by atoms with van der Waals surface area (Å²) in [5, 5.41) is 0. The van der Waals surface area contributed by atoms with E-state index >= 15 is 0 Å². The molecular formula is C21H20F3NO4. The zero-order valence-electron chi connectivity index (χ0n) is 16.0. The second-order valence-electron chi connectivity index (χ2n) is 6.52. The lowest BCUT2D eigenvalue weighted by Crippen LogP contribution is -2.28. The van der Waals surface area contributed by atoms with Crippen LogP contribution in [0, 0.1) is 0 Å². The molecule has 0 radical (unpaired) electrons. The summed E-state index contributed by atoms with van der Waals surface area (Å²) in [6, 6.07) is 10.4. The molecule has 2 aromatic carbocycles. The molecule has 1 heterocycles. The first-order valence-corrected chi connectivity index (χ1v) is 8.78. The number of carbonyl (C=O) groups excluding carboxylic acids is 1. The molecule has 2 aromatic rings. The molecule has 8 heteroatoms. The molecule has 3 rings (SSSR count). The Bertz CT molecular complexity index is 887. The molecule has 0 spiro atoms. The average Bonchev–Trinajstić information content (AvgIpc) is 2.95. The Morgan fingerprint density at radius 3 is 2.17 bits per heavy atom. The summed E-state index contributed by atoms with van der Waals surface area (Å²) in [5.41, 5.74) is 1.82. The maximum Gasteiger partial charge on any atom is 0.573 e. The average molecular weight is 407 g/mol. The molecule has 0 bridgehead atoms. The quantitative estimate of drug-likeness (QED) is 0.655. The van der Waals surface area contributed by atoms with Crippen molar-refractivity contribution in [3.63, 3.8) is 0 Å². The predicted octanol–water partition coefficient (Wildman–Crippen LogP) is 4.63. The fourth-order valence-corrected chi connectivity index (χ4v) is 3.42. The van der Waals surface area contributed by atoms with E-state index in [1.807, 2.05) is 0 Å². The number of carbonyl (C=O) groups is 1. The number of likely N-dealkylation sites (tertiary alicyclic amines) is 1. The standard InChI is InChI=1S/C21H20F3NO4/c1-13-11-16(19-17(27-2)5-4-6-18(19)28-3)25(20(13)26)12-14-7-9-15(10-8-14)29-21(22,23)24/h4-10,16H,1,11-12H2,2-3H3/t16-/m0/s1. The molecule has 1 saturated heterocycles. The zero-order valence-corrected chi connectivity index (χ0v) is 16.0. The lowest BCUT2D eigenvalue weighted by Gasteiger charge is -2.27. The van der Waals surface area contributed by atoms with Crippen LogP contribution in [-0.4, -0.2) is 31.4 Å². The van der Waals surface area contributed by atoms with Gasteiger partial charge in [0.25, 0.3) is 0 Å². The highest BCUT2D eigenvalue weighted by Gasteiger charge is 2.38. The summed E-state index contributed by atoms with van der Waals surface area (Å²) >= 11 is 0. The van der Waals surface area contributed by atoms with Crippen LogP contribution in [0.15, 0.2) is 54.6 Å². The van der Waals surface area contributed by atoms with Gasteiger partial charge >= 0.3 is 6.36 Å². The van der Waals surface area contributed by atoms with E-state index in [4.69, 9.17) is 9.47 Å². The molecule has 1 aliphatic rings. The number of rotatable bonds is 6. The van der Waals surface area contributed by atoms with Crippen LogP contribution in [-0.2, 0) is 11.3 Å². The van der Waals surface area contributed by atoms with E-state index in [0.717, 1.165) is 5.56 Å². The Morgan fingerprint density at radius 1 is 1.07 bits per heavy atom. The summed E-state index contributed by atoms with van der Waals surface area (Å²) in [4.78, 5) is 14.3. The smallest absolute Gasteiger partial charge is 0.496 e. The van der Waals surface area contributed by atoms with Gasteiger partial charge in [0.1, 0.15) is 17.2 Å². The third-order valence-electron chi connectivity index (χ3n) is 4.69. The Labute approximate surface area is 166 Å². The van der Waals surface area contributed by atoms with Crippen LogP contribution in [0.1, 0.15) is 23.6 Å². The number of alkyl halides is 3. The summed E-state index contributed by atoms with van der Waals surface area (Å²) in [6.45, 7) is 4.04. The van der Waals surface area contributed by atoms with Crippen molar-refractivity contribution in [1.29, 1.82) is 0 Å². The minimum Gasteiger partial charge on any atom is -0.496 e. The van der Waals surface area contributed by atoms with Gasteiger partial charge in [-0.05, 0) is 29.8 Å². The van der Waals surface area contributed by atoms with Gasteiger partial charge in [-0.25, -0.2) is 0 Å². The first-order valence-electron chi connectivity index (χ1n) is 8.78. The summed E-state index contributed by atoms with van der Waals surface area (Å²) in [5.74, 6) is 0.617. The largest absolute Gasteiger partial charge is 0.573 e. The van der Waals surface area contributed by atoms with Gasteiger partial charge in [0.2, 0.25) is 5.91 Å². The Kier molecular flexibility index (Phi) is 5.72. The van der Waals surface area contributed by atoms with Crippen molar-refractivity contribution in [2.45, 2.75) is 25.4 Å². The van der Waals surface area contributed by atoms with Gasteiger partial charge in [-0.15, -0.1) is 13.2 Å². The van der Waals surface area contributed by atoms with Crippen LogP contribution >= 0.6 is 0 Å². The highest BCUT2D eigenvalue weighted by atomic mass is 19.4. The zero-order chi connectivity index (χ0) is 21.2. The molecule has 0 N–H and O–H groups in total.